The van der Waals surface area contributed by atoms with Crippen LogP contribution < -0.4 is 0 Å². The summed E-state index contributed by atoms with van der Waals surface area (Å²) in [7, 11) is 0. The van der Waals surface area contributed by atoms with E-state index in [0.29, 0.717) is 23.0 Å². The Labute approximate surface area is 128 Å². The number of aryl methyl sites for hydroxylation is 2. The van der Waals surface area contributed by atoms with Crippen LogP contribution in [0.25, 0.3) is 0 Å². The molecule has 0 aliphatic heterocycles. The minimum atomic E-state index is -0.907. The molecule has 110 valence electrons. The van der Waals surface area contributed by atoms with Crippen LogP contribution in [0.1, 0.15) is 35.6 Å². The first kappa shape index (κ1) is 15.4. The Kier molecular flexibility index (Phi) is 4.91. The minimum absolute atomic E-state index is 0.314. The molecule has 0 spiro atoms. The van der Waals surface area contributed by atoms with Gasteiger partial charge in [0, 0.05) is 10.7 Å². The van der Waals surface area contributed by atoms with Crippen LogP contribution in [0.2, 0.25) is 5.02 Å². The van der Waals surface area contributed by atoms with E-state index < -0.39 is 11.9 Å². The average molecular weight is 305 g/mol. The maximum Gasteiger partial charge on any atom is 0.312 e. The Balaban J connectivity index is 2.38. The van der Waals surface area contributed by atoms with Crippen LogP contribution in [0.3, 0.4) is 0 Å². The monoisotopic (exact) mass is 304 g/mol. The van der Waals surface area contributed by atoms with Gasteiger partial charge < -0.3 is 5.11 Å². The molecule has 1 aromatic heterocycles. The van der Waals surface area contributed by atoms with E-state index >= 15 is 0 Å². The molecule has 1 unspecified atom stereocenters. The molecule has 21 heavy (non-hydrogen) atoms. The number of carbonyl (C=O) groups is 1. The first-order chi connectivity index (χ1) is 10.0. The van der Waals surface area contributed by atoms with Gasteiger partial charge >= 0.3 is 5.97 Å². The van der Waals surface area contributed by atoms with Crippen LogP contribution in [-0.2, 0) is 17.6 Å². The lowest BCUT2D eigenvalue weighted by atomic mass is 9.95. The van der Waals surface area contributed by atoms with Gasteiger partial charge in [-0.3, -0.25) is 4.79 Å². The van der Waals surface area contributed by atoms with Crippen LogP contribution in [-0.4, -0.2) is 21.0 Å². The van der Waals surface area contributed by atoms with Crippen molar-refractivity contribution in [2.45, 2.75) is 32.6 Å². The Morgan fingerprint density at radius 3 is 2.67 bits per heavy atom. The van der Waals surface area contributed by atoms with Gasteiger partial charge in [0.2, 0.25) is 0 Å². The highest BCUT2D eigenvalue weighted by atomic mass is 35.5. The quantitative estimate of drug-likeness (QED) is 0.919. The summed E-state index contributed by atoms with van der Waals surface area (Å²) in [6.07, 6.45) is 1.06. The Morgan fingerprint density at radius 1 is 1.33 bits per heavy atom. The second-order valence-electron chi connectivity index (χ2n) is 4.87. The second kappa shape index (κ2) is 6.68. The summed E-state index contributed by atoms with van der Waals surface area (Å²) in [4.78, 5) is 20.2. The fourth-order valence-electron chi connectivity index (χ4n) is 2.22. The summed E-state index contributed by atoms with van der Waals surface area (Å²) in [5, 5.41) is 10.1. The lowest BCUT2D eigenvalue weighted by Gasteiger charge is -2.14. The van der Waals surface area contributed by atoms with Crippen molar-refractivity contribution in [2.24, 2.45) is 0 Å². The largest absolute Gasteiger partial charge is 0.481 e. The molecule has 2 aromatic rings. The van der Waals surface area contributed by atoms with E-state index in [4.69, 9.17) is 11.6 Å². The highest BCUT2D eigenvalue weighted by Gasteiger charge is 2.23. The van der Waals surface area contributed by atoms with Crippen LogP contribution in [0, 0.1) is 6.92 Å². The number of aromatic nitrogens is 2. The van der Waals surface area contributed by atoms with E-state index in [9.17, 15) is 9.90 Å². The third-order valence-electron chi connectivity index (χ3n) is 3.31. The molecule has 0 saturated heterocycles. The van der Waals surface area contributed by atoms with Gasteiger partial charge in [-0.2, -0.15) is 0 Å². The van der Waals surface area contributed by atoms with E-state index in [2.05, 4.69) is 9.97 Å². The number of rotatable bonds is 5. The van der Waals surface area contributed by atoms with Crippen molar-refractivity contribution < 1.29 is 9.90 Å². The average Bonchev–Trinajstić information content (AvgIpc) is 2.45. The van der Waals surface area contributed by atoms with E-state index in [0.717, 1.165) is 17.7 Å². The maximum absolute atomic E-state index is 11.6. The van der Waals surface area contributed by atoms with E-state index in [1.165, 1.54) is 0 Å². The van der Waals surface area contributed by atoms with E-state index in [1.807, 2.05) is 25.1 Å². The lowest BCUT2D eigenvalue weighted by molar-refractivity contribution is -0.138. The smallest absolute Gasteiger partial charge is 0.312 e. The lowest BCUT2D eigenvalue weighted by Crippen LogP contribution is -2.17. The van der Waals surface area contributed by atoms with Crippen LogP contribution in [0.4, 0.5) is 0 Å². The van der Waals surface area contributed by atoms with Gasteiger partial charge in [-0.25, -0.2) is 9.97 Å². The van der Waals surface area contributed by atoms with Gasteiger partial charge in [0.1, 0.15) is 11.7 Å². The molecule has 0 bridgehead atoms. The van der Waals surface area contributed by atoms with E-state index in [1.54, 1.807) is 19.1 Å². The van der Waals surface area contributed by atoms with Crippen LogP contribution >= 0.6 is 11.6 Å². The molecule has 2 rings (SSSR count). The summed E-state index contributed by atoms with van der Waals surface area (Å²) in [5.41, 5.74) is 2.19. The zero-order chi connectivity index (χ0) is 15.4. The molecular formula is C16H17ClN2O2. The number of benzene rings is 1. The van der Waals surface area contributed by atoms with Crippen molar-refractivity contribution in [1.29, 1.82) is 0 Å². The fraction of sp³-hybridized carbons (Fsp3) is 0.312. The van der Waals surface area contributed by atoms with Crippen molar-refractivity contribution in [3.63, 3.8) is 0 Å². The molecule has 0 radical (unpaired) electrons. The van der Waals surface area contributed by atoms with Crippen molar-refractivity contribution >= 4 is 17.6 Å². The topological polar surface area (TPSA) is 63.1 Å². The highest BCUT2D eigenvalue weighted by molar-refractivity contribution is 6.31. The second-order valence-corrected chi connectivity index (χ2v) is 5.28. The molecular weight excluding hydrogens is 288 g/mol. The Morgan fingerprint density at radius 2 is 2.05 bits per heavy atom. The molecule has 0 fully saturated rings. The fourth-order valence-corrected chi connectivity index (χ4v) is 2.43. The predicted octanol–water partition coefficient (Wildman–Crippen LogP) is 3.41. The Hall–Kier alpha value is -1.94. The molecule has 1 heterocycles. The van der Waals surface area contributed by atoms with Crippen LogP contribution in [0.5, 0.6) is 0 Å². The summed E-state index contributed by atoms with van der Waals surface area (Å²) in [5.74, 6) is -1.04. The zero-order valence-electron chi connectivity index (χ0n) is 12.0. The first-order valence-corrected chi connectivity index (χ1v) is 7.19. The molecule has 1 aromatic carbocycles. The van der Waals surface area contributed by atoms with E-state index in [-0.39, 0.29) is 0 Å². The summed E-state index contributed by atoms with van der Waals surface area (Å²) in [6.45, 7) is 3.76. The molecule has 5 heteroatoms. The van der Waals surface area contributed by atoms with Crippen molar-refractivity contribution in [3.8, 4) is 0 Å². The molecule has 0 amide bonds. The zero-order valence-corrected chi connectivity index (χ0v) is 12.8. The van der Waals surface area contributed by atoms with Crippen molar-refractivity contribution in [3.05, 3.63) is 58.1 Å². The minimum Gasteiger partial charge on any atom is -0.481 e. The van der Waals surface area contributed by atoms with Gasteiger partial charge in [0.15, 0.2) is 0 Å². The molecule has 0 aliphatic rings. The molecule has 1 N–H and O–H groups in total. The van der Waals surface area contributed by atoms with Gasteiger partial charge in [-0.1, -0.05) is 36.7 Å². The molecule has 4 nitrogen and oxygen atoms in total. The van der Waals surface area contributed by atoms with Crippen molar-refractivity contribution in [2.75, 3.05) is 0 Å². The van der Waals surface area contributed by atoms with Gasteiger partial charge in [0.05, 0.1) is 5.69 Å². The first-order valence-electron chi connectivity index (χ1n) is 6.82. The highest BCUT2D eigenvalue weighted by Crippen LogP contribution is 2.25. The molecule has 0 aliphatic carbocycles. The third kappa shape index (κ3) is 3.79. The number of halogens is 1. The van der Waals surface area contributed by atoms with Crippen LogP contribution in [0.15, 0.2) is 30.3 Å². The third-order valence-corrected chi connectivity index (χ3v) is 3.68. The number of aliphatic carboxylic acids is 1. The van der Waals surface area contributed by atoms with Gasteiger partial charge in [0.25, 0.3) is 0 Å². The SMILES string of the molecule is CCc1cc(C(Cc2ccccc2Cl)C(=O)O)nc(C)n1. The Bertz CT molecular complexity index is 658. The predicted molar refractivity (Wildman–Crippen MR) is 81.7 cm³/mol. The maximum atomic E-state index is 11.6. The number of carboxylic acid groups (broad SMARTS) is 1. The number of hydrogen-bond acceptors (Lipinski definition) is 3. The molecule has 0 saturated carbocycles. The normalized spacial score (nSPS) is 12.1. The number of carboxylic acids is 1. The summed E-state index contributed by atoms with van der Waals surface area (Å²) >= 11 is 6.12. The van der Waals surface area contributed by atoms with Gasteiger partial charge in [-0.05, 0) is 37.5 Å². The molecule has 1 atom stereocenters. The van der Waals surface area contributed by atoms with Crippen molar-refractivity contribution in [1.82, 2.24) is 9.97 Å². The van der Waals surface area contributed by atoms with Gasteiger partial charge in [-0.15, -0.1) is 0 Å². The number of nitrogens with zero attached hydrogens (tertiary/aromatic N) is 2. The summed E-state index contributed by atoms with van der Waals surface area (Å²) in [6, 6.07) is 9.04. The standard InChI is InChI=1S/C16H17ClN2O2/c1-3-12-9-15(19-10(2)18-12)13(16(20)21)8-11-6-4-5-7-14(11)17/h4-7,9,13H,3,8H2,1-2H3,(H,20,21). The summed E-state index contributed by atoms with van der Waals surface area (Å²) < 4.78 is 0. The number of hydrogen-bond donors (Lipinski definition) is 1.